The molecule has 0 amide bonds. The van der Waals surface area contributed by atoms with Crippen molar-refractivity contribution in [3.8, 4) is 0 Å². The summed E-state index contributed by atoms with van der Waals surface area (Å²) in [7, 11) is 0. The van der Waals surface area contributed by atoms with E-state index in [-0.39, 0.29) is 17.8 Å². The molecule has 4 nitrogen and oxygen atoms in total. The van der Waals surface area contributed by atoms with Crippen molar-refractivity contribution >= 4 is 23.4 Å². The summed E-state index contributed by atoms with van der Waals surface area (Å²) >= 11 is 5.74. The van der Waals surface area contributed by atoms with Gasteiger partial charge in [0.25, 0.3) is 0 Å². The van der Waals surface area contributed by atoms with Crippen LogP contribution in [0.25, 0.3) is 0 Å². The lowest BCUT2D eigenvalue weighted by Crippen LogP contribution is -2.14. The smallest absolute Gasteiger partial charge is 0.337 e. The van der Waals surface area contributed by atoms with Crippen molar-refractivity contribution in [3.05, 3.63) is 34.3 Å². The Morgan fingerprint density at radius 2 is 2.06 bits per heavy atom. The topological polar surface area (TPSA) is 74.6 Å². The zero-order valence-electron chi connectivity index (χ0n) is 8.61. The van der Waals surface area contributed by atoms with E-state index in [0.29, 0.717) is 10.6 Å². The van der Waals surface area contributed by atoms with E-state index in [4.69, 9.17) is 16.7 Å². The summed E-state index contributed by atoms with van der Waals surface area (Å²) in [5.41, 5.74) is 0.641. The van der Waals surface area contributed by atoms with Crippen LogP contribution < -0.4 is 0 Å². The average molecular weight is 243 g/mol. The van der Waals surface area contributed by atoms with Gasteiger partial charge in [0.1, 0.15) is 5.78 Å². The predicted molar refractivity (Wildman–Crippen MR) is 58.4 cm³/mol. The summed E-state index contributed by atoms with van der Waals surface area (Å²) in [5, 5.41) is 18.5. The van der Waals surface area contributed by atoms with Gasteiger partial charge in [-0.05, 0) is 30.2 Å². The third-order valence-corrected chi connectivity index (χ3v) is 2.31. The summed E-state index contributed by atoms with van der Waals surface area (Å²) in [4.78, 5) is 21.7. The van der Waals surface area contributed by atoms with E-state index < -0.39 is 12.1 Å². The molecule has 5 heteroatoms. The van der Waals surface area contributed by atoms with Crippen LogP contribution >= 0.6 is 11.6 Å². The van der Waals surface area contributed by atoms with Crippen molar-refractivity contribution in [1.82, 2.24) is 0 Å². The molecule has 0 bridgehead atoms. The van der Waals surface area contributed by atoms with Crippen LogP contribution in [0.4, 0.5) is 0 Å². The highest BCUT2D eigenvalue weighted by Gasteiger charge is 2.20. The molecule has 1 atom stereocenters. The number of Topliss-reactive ketones (excluding diaryl/α,β-unsaturated/α-hetero) is 1. The van der Waals surface area contributed by atoms with Crippen LogP contribution in [0.1, 0.15) is 24.2 Å². The molecule has 1 aromatic carbocycles. The minimum absolute atomic E-state index is 0.0558. The van der Waals surface area contributed by atoms with Gasteiger partial charge in [0.05, 0.1) is 0 Å². The van der Waals surface area contributed by atoms with Crippen molar-refractivity contribution in [1.29, 1.82) is 0 Å². The van der Waals surface area contributed by atoms with Crippen molar-refractivity contribution in [2.45, 2.75) is 19.4 Å². The molecule has 0 aliphatic rings. The first-order valence-corrected chi connectivity index (χ1v) is 4.98. The quantitative estimate of drug-likeness (QED) is 0.841. The largest absolute Gasteiger partial charge is 0.479 e. The number of hydrogen-bond acceptors (Lipinski definition) is 3. The van der Waals surface area contributed by atoms with Gasteiger partial charge in [-0.3, -0.25) is 4.79 Å². The number of carboxylic acid groups (broad SMARTS) is 1. The minimum atomic E-state index is -1.63. The summed E-state index contributed by atoms with van der Waals surface area (Å²) in [6.07, 6.45) is -1.58. The molecule has 0 radical (unpaired) electrons. The molecule has 16 heavy (non-hydrogen) atoms. The highest BCUT2D eigenvalue weighted by atomic mass is 35.5. The second-order valence-corrected chi connectivity index (χ2v) is 3.90. The van der Waals surface area contributed by atoms with E-state index in [9.17, 15) is 14.7 Å². The SMILES string of the molecule is CC(=O)Cc1cc(Cl)ccc1C(O)C(=O)O. The second-order valence-electron chi connectivity index (χ2n) is 3.46. The first kappa shape index (κ1) is 12.7. The van der Waals surface area contributed by atoms with Crippen LogP contribution in [-0.2, 0) is 16.0 Å². The lowest BCUT2D eigenvalue weighted by molar-refractivity contribution is -0.147. The predicted octanol–water partition coefficient (Wildman–Crippen LogP) is 1.59. The Balaban J connectivity index is 3.16. The Morgan fingerprint density at radius 1 is 1.44 bits per heavy atom. The third kappa shape index (κ3) is 3.05. The Labute approximate surface area is 97.5 Å². The molecule has 2 N–H and O–H groups in total. The van der Waals surface area contributed by atoms with E-state index in [1.807, 2.05) is 0 Å². The normalized spacial score (nSPS) is 12.2. The van der Waals surface area contributed by atoms with Gasteiger partial charge < -0.3 is 10.2 Å². The highest BCUT2D eigenvalue weighted by molar-refractivity contribution is 6.30. The first-order chi connectivity index (χ1) is 7.41. The summed E-state index contributed by atoms with van der Waals surface area (Å²) in [6, 6.07) is 4.39. The number of carbonyl (C=O) groups is 2. The van der Waals surface area contributed by atoms with Gasteiger partial charge in [-0.1, -0.05) is 17.7 Å². The van der Waals surface area contributed by atoms with Gasteiger partial charge in [-0.25, -0.2) is 4.79 Å². The monoisotopic (exact) mass is 242 g/mol. The van der Waals surface area contributed by atoms with Crippen LogP contribution in [0.2, 0.25) is 5.02 Å². The number of aliphatic hydroxyl groups excluding tert-OH is 1. The molecule has 0 saturated carbocycles. The summed E-state index contributed by atoms with van der Waals surface area (Å²) < 4.78 is 0. The fraction of sp³-hybridized carbons (Fsp3) is 0.273. The van der Waals surface area contributed by atoms with Crippen LogP contribution in [0, 0.1) is 0 Å². The molecule has 0 aliphatic carbocycles. The number of benzene rings is 1. The number of carboxylic acids is 1. The van der Waals surface area contributed by atoms with E-state index in [1.54, 1.807) is 0 Å². The van der Waals surface area contributed by atoms with Crippen molar-refractivity contribution in [3.63, 3.8) is 0 Å². The van der Waals surface area contributed by atoms with Gasteiger partial charge in [0, 0.05) is 11.4 Å². The maximum absolute atomic E-state index is 11.0. The number of hydrogen-bond donors (Lipinski definition) is 2. The van der Waals surface area contributed by atoms with E-state index in [0.717, 1.165) is 0 Å². The van der Waals surface area contributed by atoms with Crippen LogP contribution in [0.15, 0.2) is 18.2 Å². The first-order valence-electron chi connectivity index (χ1n) is 4.60. The molecule has 0 spiro atoms. The fourth-order valence-corrected chi connectivity index (χ4v) is 1.59. The Kier molecular flexibility index (Phi) is 4.04. The number of carbonyl (C=O) groups excluding carboxylic acids is 1. The zero-order chi connectivity index (χ0) is 12.3. The van der Waals surface area contributed by atoms with Gasteiger partial charge in [-0.15, -0.1) is 0 Å². The maximum Gasteiger partial charge on any atom is 0.337 e. The lowest BCUT2D eigenvalue weighted by atomic mass is 9.98. The average Bonchev–Trinajstić information content (AvgIpc) is 2.15. The van der Waals surface area contributed by atoms with Crippen LogP contribution in [0.3, 0.4) is 0 Å². The molecule has 1 aromatic rings. The van der Waals surface area contributed by atoms with Crippen LogP contribution in [0.5, 0.6) is 0 Å². The van der Waals surface area contributed by atoms with Gasteiger partial charge in [0.15, 0.2) is 6.10 Å². The molecule has 0 heterocycles. The van der Waals surface area contributed by atoms with Gasteiger partial charge in [-0.2, -0.15) is 0 Å². The standard InChI is InChI=1S/C11H11ClO4/c1-6(13)4-7-5-8(12)2-3-9(7)10(14)11(15)16/h2-3,5,10,14H,4H2,1H3,(H,15,16). The number of halogens is 1. The molecular weight excluding hydrogens is 232 g/mol. The van der Waals surface area contributed by atoms with Crippen molar-refractivity contribution in [2.24, 2.45) is 0 Å². The summed E-state index contributed by atoms with van der Waals surface area (Å²) in [5.74, 6) is -1.48. The zero-order valence-corrected chi connectivity index (χ0v) is 9.36. The van der Waals surface area contributed by atoms with E-state index >= 15 is 0 Å². The van der Waals surface area contributed by atoms with Crippen LogP contribution in [-0.4, -0.2) is 22.0 Å². The van der Waals surface area contributed by atoms with Gasteiger partial charge in [0.2, 0.25) is 0 Å². The highest BCUT2D eigenvalue weighted by Crippen LogP contribution is 2.23. The Bertz CT molecular complexity index is 428. The molecule has 86 valence electrons. The van der Waals surface area contributed by atoms with Gasteiger partial charge >= 0.3 is 5.97 Å². The van der Waals surface area contributed by atoms with E-state index in [1.165, 1.54) is 25.1 Å². The molecule has 1 unspecified atom stereocenters. The number of rotatable bonds is 4. The molecule has 0 aromatic heterocycles. The number of aliphatic hydroxyl groups is 1. The number of ketones is 1. The number of aliphatic carboxylic acids is 1. The second kappa shape index (κ2) is 5.09. The maximum atomic E-state index is 11.0. The fourth-order valence-electron chi connectivity index (χ4n) is 1.40. The Morgan fingerprint density at radius 3 is 2.56 bits per heavy atom. The molecule has 0 fully saturated rings. The minimum Gasteiger partial charge on any atom is -0.479 e. The molecule has 0 saturated heterocycles. The summed E-state index contributed by atoms with van der Waals surface area (Å²) in [6.45, 7) is 1.39. The van der Waals surface area contributed by atoms with E-state index in [2.05, 4.69) is 0 Å². The molecular formula is C11H11ClO4. The van der Waals surface area contributed by atoms with Crippen molar-refractivity contribution < 1.29 is 19.8 Å². The molecule has 1 rings (SSSR count). The third-order valence-electron chi connectivity index (χ3n) is 2.07. The Hall–Kier alpha value is -1.39. The lowest BCUT2D eigenvalue weighted by Gasteiger charge is -2.11. The molecule has 0 aliphatic heterocycles. The van der Waals surface area contributed by atoms with Crippen molar-refractivity contribution in [2.75, 3.05) is 0 Å².